The summed E-state index contributed by atoms with van der Waals surface area (Å²) in [6.07, 6.45) is -0.603. The number of carbonyl (C=O) groups is 2. The van der Waals surface area contributed by atoms with E-state index in [1.165, 1.54) is 12.3 Å². The molecule has 0 saturated carbocycles. The number of hydrogen-bond acceptors (Lipinski definition) is 6. The molecule has 0 spiro atoms. The van der Waals surface area contributed by atoms with Crippen LogP contribution >= 0.6 is 11.6 Å². The minimum atomic E-state index is -0.956. The van der Waals surface area contributed by atoms with E-state index >= 15 is 0 Å². The quantitative estimate of drug-likeness (QED) is 0.862. The zero-order valence-corrected chi connectivity index (χ0v) is 15.5. The molecule has 1 N–H and O–H groups in total. The molecule has 0 saturated heterocycles. The largest absolute Gasteiger partial charge is 0.443 e. The molecule has 134 valence electrons. The number of halogens is 1. The van der Waals surface area contributed by atoms with Gasteiger partial charge in [0.25, 0.3) is 0 Å². The highest BCUT2D eigenvalue weighted by atomic mass is 35.5. The highest BCUT2D eigenvalue weighted by molar-refractivity contribution is 6.34. The van der Waals surface area contributed by atoms with Crippen LogP contribution in [0.15, 0.2) is 12.3 Å². The number of imide groups is 1. The molecule has 0 bridgehead atoms. The number of hydrogen-bond donors (Lipinski definition) is 1. The van der Waals surface area contributed by atoms with Gasteiger partial charge in [-0.15, -0.1) is 0 Å². The summed E-state index contributed by atoms with van der Waals surface area (Å²) in [6, 6.07) is 1.41. The van der Waals surface area contributed by atoms with Crippen LogP contribution in [0.1, 0.15) is 47.1 Å². The first-order valence-corrected chi connectivity index (χ1v) is 7.73. The molecule has 0 aliphatic carbocycles. The lowest BCUT2D eigenvalue weighted by Gasteiger charge is -2.28. The van der Waals surface area contributed by atoms with Crippen LogP contribution in [0.4, 0.5) is 15.4 Å². The van der Waals surface area contributed by atoms with Crippen LogP contribution in [0.25, 0.3) is 0 Å². The van der Waals surface area contributed by atoms with Gasteiger partial charge in [-0.3, -0.25) is 0 Å². The molecule has 1 heterocycles. The number of aliphatic hydroxyl groups is 1. The number of carbonyl (C=O) groups excluding carboxylic acids is 2. The number of aromatic nitrogens is 1. The number of pyridine rings is 1. The summed E-state index contributed by atoms with van der Waals surface area (Å²) in [4.78, 5) is 29.5. The molecule has 1 rings (SSSR count). The second kappa shape index (κ2) is 7.36. The van der Waals surface area contributed by atoms with Crippen LogP contribution in [-0.2, 0) is 16.1 Å². The van der Waals surface area contributed by atoms with Crippen LogP contribution < -0.4 is 4.90 Å². The molecule has 0 aliphatic rings. The van der Waals surface area contributed by atoms with Gasteiger partial charge in [0.15, 0.2) is 5.82 Å². The summed E-state index contributed by atoms with van der Waals surface area (Å²) < 4.78 is 10.5. The molecule has 0 atom stereocenters. The minimum Gasteiger partial charge on any atom is -0.443 e. The molecular formula is C16H23ClN2O5. The van der Waals surface area contributed by atoms with Crippen molar-refractivity contribution < 1.29 is 24.2 Å². The van der Waals surface area contributed by atoms with Crippen molar-refractivity contribution in [2.75, 3.05) is 4.90 Å². The first-order chi connectivity index (χ1) is 10.8. The molecule has 7 nitrogen and oxygen atoms in total. The molecule has 8 heteroatoms. The van der Waals surface area contributed by atoms with Gasteiger partial charge in [0.05, 0.1) is 11.6 Å². The monoisotopic (exact) mass is 358 g/mol. The Morgan fingerprint density at radius 2 is 1.58 bits per heavy atom. The molecule has 0 aromatic carbocycles. The Morgan fingerprint density at radius 3 is 1.92 bits per heavy atom. The molecule has 0 fully saturated rings. The van der Waals surface area contributed by atoms with E-state index in [1.54, 1.807) is 41.5 Å². The molecular weight excluding hydrogens is 336 g/mol. The second-order valence-electron chi connectivity index (χ2n) is 7.10. The van der Waals surface area contributed by atoms with Crippen LogP contribution in [0, 0.1) is 0 Å². The first-order valence-electron chi connectivity index (χ1n) is 7.35. The van der Waals surface area contributed by atoms with Crippen LogP contribution in [0.2, 0.25) is 5.02 Å². The van der Waals surface area contributed by atoms with Crippen molar-refractivity contribution in [2.24, 2.45) is 0 Å². The summed E-state index contributed by atoms with van der Waals surface area (Å²) in [7, 11) is 0. The average molecular weight is 359 g/mol. The Morgan fingerprint density at radius 1 is 1.12 bits per heavy atom. The van der Waals surface area contributed by atoms with Crippen molar-refractivity contribution in [1.82, 2.24) is 4.98 Å². The third kappa shape index (κ3) is 5.98. The van der Waals surface area contributed by atoms with E-state index in [4.69, 9.17) is 26.2 Å². The normalized spacial score (nSPS) is 11.8. The summed E-state index contributed by atoms with van der Waals surface area (Å²) >= 11 is 6.10. The highest BCUT2D eigenvalue weighted by Gasteiger charge is 2.34. The van der Waals surface area contributed by atoms with Gasteiger partial charge in [0.1, 0.15) is 11.2 Å². The fourth-order valence-electron chi connectivity index (χ4n) is 1.58. The van der Waals surface area contributed by atoms with Crippen molar-refractivity contribution >= 4 is 29.6 Å². The van der Waals surface area contributed by atoms with E-state index in [9.17, 15) is 9.59 Å². The Hall–Kier alpha value is -1.86. The van der Waals surface area contributed by atoms with Crippen LogP contribution in [0.3, 0.4) is 0 Å². The number of nitrogens with zero attached hydrogens (tertiary/aromatic N) is 2. The predicted octanol–water partition coefficient (Wildman–Crippen LogP) is 3.90. The van der Waals surface area contributed by atoms with Gasteiger partial charge in [-0.25, -0.2) is 14.6 Å². The number of ether oxygens (including phenoxy) is 2. The van der Waals surface area contributed by atoms with Gasteiger partial charge < -0.3 is 14.6 Å². The zero-order chi connectivity index (χ0) is 18.7. The SMILES string of the molecule is CC(C)(C)OC(=O)N(C(=O)OC(C)(C)C)c1ncc(CO)cc1Cl. The van der Waals surface area contributed by atoms with Crippen LogP contribution in [-0.4, -0.2) is 33.5 Å². The number of rotatable bonds is 2. The lowest BCUT2D eigenvalue weighted by molar-refractivity contribution is 0.0429. The summed E-state index contributed by atoms with van der Waals surface area (Å²) in [5, 5.41) is 9.13. The Balaban J connectivity index is 3.27. The molecule has 24 heavy (non-hydrogen) atoms. The van der Waals surface area contributed by atoms with E-state index in [-0.39, 0.29) is 17.4 Å². The standard InChI is InChI=1S/C16H23ClN2O5/c1-15(2,3)23-13(21)19(14(22)24-16(4,5)6)12-11(17)7-10(9-20)8-18-12/h7-8,20H,9H2,1-6H3. The van der Waals surface area contributed by atoms with E-state index in [1.807, 2.05) is 0 Å². The second-order valence-corrected chi connectivity index (χ2v) is 7.51. The summed E-state index contributed by atoms with van der Waals surface area (Å²) in [6.45, 7) is 9.74. The van der Waals surface area contributed by atoms with E-state index in [0.29, 0.717) is 10.5 Å². The van der Waals surface area contributed by atoms with Crippen molar-refractivity contribution in [3.63, 3.8) is 0 Å². The minimum absolute atomic E-state index is 0.0123. The van der Waals surface area contributed by atoms with Crippen molar-refractivity contribution in [3.8, 4) is 0 Å². The van der Waals surface area contributed by atoms with Crippen molar-refractivity contribution in [2.45, 2.75) is 59.4 Å². The van der Waals surface area contributed by atoms with Gasteiger partial charge >= 0.3 is 12.2 Å². The molecule has 1 aromatic heterocycles. The molecule has 2 amide bonds. The van der Waals surface area contributed by atoms with Gasteiger partial charge in [-0.05, 0) is 53.2 Å². The van der Waals surface area contributed by atoms with E-state index in [2.05, 4.69) is 4.98 Å². The molecule has 1 aromatic rings. The maximum Gasteiger partial charge on any atom is 0.425 e. The fraction of sp³-hybridized carbons (Fsp3) is 0.562. The Kier molecular flexibility index (Phi) is 6.19. The number of anilines is 1. The Labute approximate surface area is 146 Å². The molecule has 0 radical (unpaired) electrons. The van der Waals surface area contributed by atoms with E-state index < -0.39 is 23.4 Å². The average Bonchev–Trinajstić information content (AvgIpc) is 2.36. The van der Waals surface area contributed by atoms with Crippen molar-refractivity contribution in [1.29, 1.82) is 0 Å². The van der Waals surface area contributed by atoms with Gasteiger partial charge in [-0.1, -0.05) is 11.6 Å². The van der Waals surface area contributed by atoms with Crippen LogP contribution in [0.5, 0.6) is 0 Å². The lowest BCUT2D eigenvalue weighted by Crippen LogP contribution is -2.44. The molecule has 0 aliphatic heterocycles. The number of aliphatic hydroxyl groups excluding tert-OH is 1. The first kappa shape index (κ1) is 20.2. The predicted molar refractivity (Wildman–Crippen MR) is 90.1 cm³/mol. The smallest absolute Gasteiger partial charge is 0.425 e. The third-order valence-corrected chi connectivity index (χ3v) is 2.70. The molecule has 0 unspecified atom stereocenters. The number of amides is 2. The van der Waals surface area contributed by atoms with Gasteiger partial charge in [0.2, 0.25) is 0 Å². The maximum atomic E-state index is 12.4. The summed E-state index contributed by atoms with van der Waals surface area (Å²) in [5.74, 6) is -0.127. The van der Waals surface area contributed by atoms with Crippen molar-refractivity contribution in [3.05, 3.63) is 22.8 Å². The van der Waals surface area contributed by atoms with Gasteiger partial charge in [-0.2, -0.15) is 4.90 Å². The Bertz CT molecular complexity index is 592. The zero-order valence-electron chi connectivity index (χ0n) is 14.7. The summed E-state index contributed by atoms with van der Waals surface area (Å²) in [5.41, 5.74) is -1.21. The highest BCUT2D eigenvalue weighted by Crippen LogP contribution is 2.27. The topological polar surface area (TPSA) is 89.0 Å². The van der Waals surface area contributed by atoms with E-state index in [0.717, 1.165) is 0 Å². The van der Waals surface area contributed by atoms with Gasteiger partial charge in [0, 0.05) is 6.20 Å². The maximum absolute atomic E-state index is 12.4. The third-order valence-electron chi connectivity index (χ3n) is 2.42. The lowest BCUT2D eigenvalue weighted by atomic mass is 10.2. The fourth-order valence-corrected chi connectivity index (χ4v) is 1.86.